The van der Waals surface area contributed by atoms with E-state index in [-0.39, 0.29) is 27.3 Å². The first kappa shape index (κ1) is 30.0. The van der Waals surface area contributed by atoms with Crippen molar-refractivity contribution in [1.82, 2.24) is 19.1 Å². The first-order valence-corrected chi connectivity index (χ1v) is 17.4. The van der Waals surface area contributed by atoms with Crippen LogP contribution in [0, 0.1) is 6.92 Å². The minimum absolute atomic E-state index is 0.189. The Morgan fingerprint density at radius 1 is 0.881 bits per heavy atom. The van der Waals surface area contributed by atoms with Gasteiger partial charge in [0, 0.05) is 24.5 Å². The van der Waals surface area contributed by atoms with Crippen LogP contribution >= 0.6 is 11.8 Å². The van der Waals surface area contributed by atoms with Crippen LogP contribution in [-0.2, 0) is 30.4 Å². The summed E-state index contributed by atoms with van der Waals surface area (Å²) in [6.07, 6.45) is 1.70. The molecule has 0 radical (unpaired) electrons. The van der Waals surface area contributed by atoms with Crippen LogP contribution in [0.2, 0.25) is 0 Å². The number of para-hydroxylation sites is 1. The molecule has 0 saturated carbocycles. The molecule has 1 saturated heterocycles. The number of carbonyl (C=O) groups is 1. The molecule has 1 aliphatic heterocycles. The normalized spacial score (nSPS) is 15.0. The molecule has 42 heavy (non-hydrogen) atoms. The van der Waals surface area contributed by atoms with E-state index < -0.39 is 25.1 Å². The third kappa shape index (κ3) is 6.59. The number of nitrogens with one attached hydrogen (secondary N) is 1. The summed E-state index contributed by atoms with van der Waals surface area (Å²) in [4.78, 5) is 13.5. The highest BCUT2D eigenvalue weighted by atomic mass is 32.2. The third-order valence-electron chi connectivity index (χ3n) is 6.89. The Labute approximate surface area is 250 Å². The fourth-order valence-corrected chi connectivity index (χ4v) is 8.20. The SMILES string of the molecule is Cc1ccc(S(=O)(=O)Cc2nnc(SC(C)C(=O)Nc3ccc(S(=O)(=O)N4CCCC4)cc3)n2-c2ccccc2)cc1. The van der Waals surface area contributed by atoms with Crippen molar-refractivity contribution < 1.29 is 21.6 Å². The zero-order valence-electron chi connectivity index (χ0n) is 23.2. The molecule has 4 aromatic rings. The zero-order chi connectivity index (χ0) is 29.9. The Morgan fingerprint density at radius 2 is 1.50 bits per heavy atom. The van der Waals surface area contributed by atoms with Gasteiger partial charge in [0.1, 0.15) is 5.75 Å². The lowest BCUT2D eigenvalue weighted by Crippen LogP contribution is -2.27. The number of carbonyl (C=O) groups excluding carboxylic acids is 1. The molecule has 1 fully saturated rings. The summed E-state index contributed by atoms with van der Waals surface area (Å²) in [5, 5.41) is 11.0. The smallest absolute Gasteiger partial charge is 0.243 e. The Hall–Kier alpha value is -3.52. The van der Waals surface area contributed by atoms with Gasteiger partial charge in [-0.25, -0.2) is 16.8 Å². The Kier molecular flexibility index (Phi) is 8.83. The molecule has 1 N–H and O–H groups in total. The van der Waals surface area contributed by atoms with E-state index in [0.717, 1.165) is 30.2 Å². The van der Waals surface area contributed by atoms with Crippen molar-refractivity contribution in [3.63, 3.8) is 0 Å². The number of benzene rings is 3. The molecule has 1 aliphatic rings. The summed E-state index contributed by atoms with van der Waals surface area (Å²) < 4.78 is 55.1. The van der Waals surface area contributed by atoms with Crippen molar-refractivity contribution in [2.24, 2.45) is 0 Å². The Morgan fingerprint density at radius 3 is 2.14 bits per heavy atom. The molecule has 0 spiro atoms. The molecule has 1 aromatic heterocycles. The predicted octanol–water partition coefficient (Wildman–Crippen LogP) is 4.45. The fraction of sp³-hybridized carbons (Fsp3) is 0.276. The van der Waals surface area contributed by atoms with Crippen molar-refractivity contribution in [3.8, 4) is 5.69 Å². The lowest BCUT2D eigenvalue weighted by Gasteiger charge is -2.16. The monoisotopic (exact) mass is 625 g/mol. The first-order chi connectivity index (χ1) is 20.0. The van der Waals surface area contributed by atoms with Crippen LogP contribution in [-0.4, -0.2) is 60.2 Å². The second-order valence-corrected chi connectivity index (χ2v) is 15.3. The molecule has 5 rings (SSSR count). The van der Waals surface area contributed by atoms with Crippen LogP contribution in [0.15, 0.2) is 93.8 Å². The van der Waals surface area contributed by atoms with E-state index in [9.17, 15) is 21.6 Å². The summed E-state index contributed by atoms with van der Waals surface area (Å²) in [5.74, 6) is -0.468. The highest BCUT2D eigenvalue weighted by Crippen LogP contribution is 2.29. The molecule has 220 valence electrons. The van der Waals surface area contributed by atoms with Crippen LogP contribution in [0.5, 0.6) is 0 Å². The van der Waals surface area contributed by atoms with Gasteiger partial charge in [-0.05, 0) is 75.2 Å². The summed E-state index contributed by atoms with van der Waals surface area (Å²) in [7, 11) is -7.26. The van der Waals surface area contributed by atoms with E-state index in [1.165, 1.54) is 16.4 Å². The fourth-order valence-electron chi connectivity index (χ4n) is 4.55. The second kappa shape index (κ2) is 12.4. The number of sulfonamides is 1. The van der Waals surface area contributed by atoms with E-state index in [1.807, 2.05) is 37.3 Å². The van der Waals surface area contributed by atoms with Crippen molar-refractivity contribution in [1.29, 1.82) is 0 Å². The number of rotatable bonds is 10. The number of amides is 1. The van der Waals surface area contributed by atoms with E-state index in [2.05, 4.69) is 15.5 Å². The van der Waals surface area contributed by atoms with Gasteiger partial charge >= 0.3 is 0 Å². The van der Waals surface area contributed by atoms with E-state index in [1.54, 1.807) is 47.9 Å². The number of sulfone groups is 1. The standard InChI is InChI=1S/C29H31N5O5S3/c1-21-10-14-25(15-11-21)41(36,37)20-27-31-32-29(34(27)24-8-4-3-5-9-24)40-22(2)28(35)30-23-12-16-26(17-13-23)42(38,39)33-18-6-7-19-33/h3-5,8-17,22H,6-7,18-20H2,1-2H3,(H,30,35). The number of anilines is 1. The topological polar surface area (TPSA) is 131 Å². The Bertz CT molecular complexity index is 1770. The number of aromatic nitrogens is 3. The number of hydrogen-bond donors (Lipinski definition) is 1. The van der Waals surface area contributed by atoms with E-state index in [4.69, 9.17) is 0 Å². The lowest BCUT2D eigenvalue weighted by molar-refractivity contribution is -0.115. The van der Waals surface area contributed by atoms with Gasteiger partial charge < -0.3 is 5.32 Å². The first-order valence-electron chi connectivity index (χ1n) is 13.4. The molecule has 0 aliphatic carbocycles. The van der Waals surface area contributed by atoms with Gasteiger partial charge in [0.25, 0.3) is 0 Å². The number of nitrogens with zero attached hydrogens (tertiary/aromatic N) is 4. The minimum atomic E-state index is -3.71. The molecule has 13 heteroatoms. The number of thioether (sulfide) groups is 1. The molecule has 0 bridgehead atoms. The molecule has 2 heterocycles. The minimum Gasteiger partial charge on any atom is -0.325 e. The van der Waals surface area contributed by atoms with Crippen LogP contribution in [0.4, 0.5) is 5.69 Å². The zero-order valence-corrected chi connectivity index (χ0v) is 25.6. The highest BCUT2D eigenvalue weighted by Gasteiger charge is 2.28. The van der Waals surface area contributed by atoms with Gasteiger partial charge in [-0.3, -0.25) is 9.36 Å². The summed E-state index contributed by atoms with van der Waals surface area (Å²) in [6.45, 7) is 4.63. The van der Waals surface area contributed by atoms with Gasteiger partial charge in [0.15, 0.2) is 20.8 Å². The van der Waals surface area contributed by atoms with Crippen molar-refractivity contribution in [2.45, 2.75) is 52.6 Å². The van der Waals surface area contributed by atoms with E-state index in [0.29, 0.717) is 29.6 Å². The lowest BCUT2D eigenvalue weighted by atomic mass is 10.2. The van der Waals surface area contributed by atoms with Crippen LogP contribution in [0.1, 0.15) is 31.2 Å². The average molecular weight is 626 g/mol. The maximum Gasteiger partial charge on any atom is 0.243 e. The molecular formula is C29H31N5O5S3. The average Bonchev–Trinajstić information content (AvgIpc) is 3.65. The molecular weight excluding hydrogens is 595 g/mol. The van der Waals surface area contributed by atoms with Gasteiger partial charge in [0.05, 0.1) is 15.0 Å². The van der Waals surface area contributed by atoms with Crippen LogP contribution in [0.25, 0.3) is 5.69 Å². The van der Waals surface area contributed by atoms with E-state index >= 15 is 0 Å². The molecule has 1 unspecified atom stereocenters. The second-order valence-electron chi connectivity index (χ2n) is 10.0. The molecule has 1 amide bonds. The van der Waals surface area contributed by atoms with Gasteiger partial charge in [-0.1, -0.05) is 47.7 Å². The van der Waals surface area contributed by atoms with Gasteiger partial charge in [0.2, 0.25) is 15.9 Å². The predicted molar refractivity (Wildman–Crippen MR) is 162 cm³/mol. The van der Waals surface area contributed by atoms with Crippen molar-refractivity contribution >= 4 is 43.2 Å². The van der Waals surface area contributed by atoms with Gasteiger partial charge in [-0.15, -0.1) is 10.2 Å². The summed E-state index contributed by atoms with van der Waals surface area (Å²) >= 11 is 1.14. The number of aryl methyl sites for hydroxylation is 1. The van der Waals surface area contributed by atoms with Crippen LogP contribution in [0.3, 0.4) is 0 Å². The summed E-state index contributed by atoms with van der Waals surface area (Å²) in [5.41, 5.74) is 2.08. The molecule has 10 nitrogen and oxygen atoms in total. The van der Waals surface area contributed by atoms with Crippen molar-refractivity contribution in [3.05, 3.63) is 90.3 Å². The third-order valence-corrected chi connectivity index (χ3v) is 11.5. The van der Waals surface area contributed by atoms with Crippen molar-refractivity contribution in [2.75, 3.05) is 18.4 Å². The molecule has 3 aromatic carbocycles. The summed E-state index contributed by atoms with van der Waals surface area (Å²) in [6, 6.07) is 21.9. The Balaban J connectivity index is 1.33. The largest absolute Gasteiger partial charge is 0.325 e. The number of hydrogen-bond acceptors (Lipinski definition) is 8. The maximum absolute atomic E-state index is 13.2. The van der Waals surface area contributed by atoms with Gasteiger partial charge in [-0.2, -0.15) is 4.31 Å². The van der Waals surface area contributed by atoms with Crippen LogP contribution < -0.4 is 5.32 Å². The maximum atomic E-state index is 13.2. The quantitative estimate of drug-likeness (QED) is 0.256. The molecule has 1 atom stereocenters. The highest BCUT2D eigenvalue weighted by molar-refractivity contribution is 8.00.